The number of anilines is 1. The highest BCUT2D eigenvalue weighted by Gasteiger charge is 2.31. The fourth-order valence-corrected chi connectivity index (χ4v) is 3.06. The summed E-state index contributed by atoms with van der Waals surface area (Å²) in [7, 11) is 0. The van der Waals surface area contributed by atoms with Crippen molar-refractivity contribution in [1.82, 2.24) is 5.32 Å². The molecule has 0 radical (unpaired) electrons. The van der Waals surface area contributed by atoms with Crippen molar-refractivity contribution in [2.75, 3.05) is 24.6 Å². The Morgan fingerprint density at radius 3 is 2.78 bits per heavy atom. The molecular weight excluding hydrogens is 348 g/mol. The Balaban J connectivity index is 1.88. The molecule has 1 unspecified atom stereocenters. The summed E-state index contributed by atoms with van der Waals surface area (Å²) in [5.74, 6) is 4.15. The zero-order valence-electron chi connectivity index (χ0n) is 15.5. The van der Waals surface area contributed by atoms with Gasteiger partial charge in [-0.2, -0.15) is 5.10 Å². The van der Waals surface area contributed by atoms with Gasteiger partial charge in [0.2, 0.25) is 11.8 Å². The van der Waals surface area contributed by atoms with E-state index in [1.165, 1.54) is 6.21 Å². The van der Waals surface area contributed by atoms with Crippen LogP contribution in [0.15, 0.2) is 29.4 Å². The third kappa shape index (κ3) is 6.09. The van der Waals surface area contributed by atoms with Gasteiger partial charge in [-0.15, -0.1) is 0 Å². The molecule has 2 rings (SSSR count). The van der Waals surface area contributed by atoms with Crippen LogP contribution in [0.1, 0.15) is 38.2 Å². The first-order valence-corrected chi connectivity index (χ1v) is 9.12. The molecule has 1 heterocycles. The lowest BCUT2D eigenvalue weighted by Crippen LogP contribution is -2.43. The van der Waals surface area contributed by atoms with E-state index in [2.05, 4.69) is 10.4 Å². The largest absolute Gasteiger partial charge is 0.466 e. The summed E-state index contributed by atoms with van der Waals surface area (Å²) in [5, 5.41) is 6.15. The Hall–Kier alpha value is -2.90. The summed E-state index contributed by atoms with van der Waals surface area (Å²) in [6.07, 6.45) is 3.29. The summed E-state index contributed by atoms with van der Waals surface area (Å²) in [5.41, 5.74) is 1.64. The number of carbonyl (C=O) groups excluding carboxylic acids is 3. The summed E-state index contributed by atoms with van der Waals surface area (Å²) in [6, 6.07) is 7.36. The van der Waals surface area contributed by atoms with Crippen molar-refractivity contribution in [1.29, 1.82) is 0 Å². The molecule has 0 spiro atoms. The maximum absolute atomic E-state index is 12.8. The number of nitrogens with zero attached hydrogens (tertiary/aromatic N) is 2. The molecule has 8 nitrogen and oxygen atoms in total. The Bertz CT molecular complexity index is 687. The van der Waals surface area contributed by atoms with E-state index < -0.39 is 0 Å². The predicted octanol–water partition coefficient (Wildman–Crippen LogP) is 1.18. The van der Waals surface area contributed by atoms with E-state index in [-0.39, 0.29) is 43.1 Å². The Kier molecular flexibility index (Phi) is 7.79. The van der Waals surface area contributed by atoms with Gasteiger partial charge in [0.1, 0.15) is 0 Å². The minimum absolute atomic E-state index is 0.0537. The van der Waals surface area contributed by atoms with Crippen LogP contribution in [-0.4, -0.2) is 43.7 Å². The number of rotatable bonds is 8. The van der Waals surface area contributed by atoms with Crippen LogP contribution in [0, 0.1) is 5.92 Å². The van der Waals surface area contributed by atoms with Gasteiger partial charge in [-0.25, -0.2) is 0 Å². The van der Waals surface area contributed by atoms with Gasteiger partial charge in [-0.05, 0) is 37.5 Å². The van der Waals surface area contributed by atoms with Crippen molar-refractivity contribution >= 4 is 29.7 Å². The van der Waals surface area contributed by atoms with E-state index in [1.807, 2.05) is 24.3 Å². The normalized spacial score (nSPS) is 17.1. The molecule has 27 heavy (non-hydrogen) atoms. The summed E-state index contributed by atoms with van der Waals surface area (Å²) < 4.78 is 4.81. The van der Waals surface area contributed by atoms with Crippen LogP contribution in [0.2, 0.25) is 0 Å². The third-order valence-corrected chi connectivity index (χ3v) is 4.37. The maximum atomic E-state index is 12.8. The number of hydrogen-bond donors (Lipinski definition) is 2. The molecule has 1 atom stereocenters. The maximum Gasteiger partial charge on any atom is 0.307 e. The van der Waals surface area contributed by atoms with Crippen LogP contribution in [0.4, 0.5) is 5.69 Å². The second-order valence-corrected chi connectivity index (χ2v) is 6.31. The molecule has 1 aliphatic heterocycles. The lowest BCUT2D eigenvalue weighted by Gasteiger charge is -2.32. The van der Waals surface area contributed by atoms with Crippen molar-refractivity contribution in [3.63, 3.8) is 0 Å². The number of nitrogens with one attached hydrogen (secondary N) is 1. The molecule has 0 aromatic heterocycles. The molecule has 3 N–H and O–H groups in total. The molecule has 1 aromatic rings. The summed E-state index contributed by atoms with van der Waals surface area (Å²) >= 11 is 0. The first-order chi connectivity index (χ1) is 13.0. The lowest BCUT2D eigenvalue weighted by atomic mass is 9.93. The Labute approximate surface area is 158 Å². The fourth-order valence-electron chi connectivity index (χ4n) is 3.06. The zero-order chi connectivity index (χ0) is 19.6. The van der Waals surface area contributed by atoms with Crippen molar-refractivity contribution in [2.24, 2.45) is 16.9 Å². The topological polar surface area (TPSA) is 114 Å². The Morgan fingerprint density at radius 1 is 1.37 bits per heavy atom. The smallest absolute Gasteiger partial charge is 0.307 e. The number of nitrogens with two attached hydrogens (primary N) is 1. The van der Waals surface area contributed by atoms with E-state index in [4.69, 9.17) is 10.6 Å². The van der Waals surface area contributed by atoms with Crippen molar-refractivity contribution in [3.05, 3.63) is 29.8 Å². The minimum atomic E-state index is -0.355. The lowest BCUT2D eigenvalue weighted by molar-refractivity contribution is -0.143. The molecule has 0 aliphatic carbocycles. The van der Waals surface area contributed by atoms with E-state index >= 15 is 0 Å². The van der Waals surface area contributed by atoms with Gasteiger partial charge in [-0.3, -0.25) is 14.4 Å². The summed E-state index contributed by atoms with van der Waals surface area (Å²) in [4.78, 5) is 37.9. The number of hydrazone groups is 1. The standard InChI is InChI=1S/C19H26N4O4/c1-2-27-18(25)9-10-21-17(24)12-15-4-3-11-23(19(15)26)16-7-5-14(6-8-16)13-22-20/h5-8,13,15H,2-4,9-12,20H2,1H3,(H,21,24). The molecule has 0 saturated carbocycles. The quantitative estimate of drug-likeness (QED) is 0.307. The first kappa shape index (κ1) is 20.4. The molecular formula is C19H26N4O4. The van der Waals surface area contributed by atoms with E-state index in [1.54, 1.807) is 11.8 Å². The SMILES string of the molecule is CCOC(=O)CCNC(=O)CC1CCCN(c2ccc(C=NN)cc2)C1=O. The molecule has 1 fully saturated rings. The average molecular weight is 374 g/mol. The second kappa shape index (κ2) is 10.3. The minimum Gasteiger partial charge on any atom is -0.466 e. The van der Waals surface area contributed by atoms with Crippen LogP contribution in [-0.2, 0) is 19.1 Å². The third-order valence-electron chi connectivity index (χ3n) is 4.37. The van der Waals surface area contributed by atoms with Gasteiger partial charge < -0.3 is 20.8 Å². The molecule has 1 saturated heterocycles. The molecule has 1 aromatic carbocycles. The molecule has 2 amide bonds. The number of ether oxygens (including phenoxy) is 1. The summed E-state index contributed by atoms with van der Waals surface area (Å²) in [6.45, 7) is 2.89. The number of amides is 2. The van der Waals surface area contributed by atoms with Crippen LogP contribution in [0.3, 0.4) is 0 Å². The van der Waals surface area contributed by atoms with Gasteiger partial charge in [-0.1, -0.05) is 12.1 Å². The Morgan fingerprint density at radius 2 is 2.11 bits per heavy atom. The van der Waals surface area contributed by atoms with Crippen molar-refractivity contribution in [3.8, 4) is 0 Å². The van der Waals surface area contributed by atoms with Gasteiger partial charge >= 0.3 is 5.97 Å². The van der Waals surface area contributed by atoms with Gasteiger partial charge in [0.15, 0.2) is 0 Å². The van der Waals surface area contributed by atoms with Crippen molar-refractivity contribution < 1.29 is 19.1 Å². The number of esters is 1. The molecule has 0 bridgehead atoms. The number of carbonyl (C=O) groups is 3. The van der Waals surface area contributed by atoms with Gasteiger partial charge in [0, 0.05) is 31.1 Å². The van der Waals surface area contributed by atoms with Crippen LogP contribution in [0.25, 0.3) is 0 Å². The van der Waals surface area contributed by atoms with Gasteiger partial charge in [0.25, 0.3) is 0 Å². The fraction of sp³-hybridized carbons (Fsp3) is 0.474. The second-order valence-electron chi connectivity index (χ2n) is 6.31. The molecule has 8 heteroatoms. The van der Waals surface area contributed by atoms with E-state index in [0.29, 0.717) is 19.6 Å². The average Bonchev–Trinajstić information content (AvgIpc) is 2.65. The zero-order valence-corrected chi connectivity index (χ0v) is 15.5. The monoisotopic (exact) mass is 374 g/mol. The predicted molar refractivity (Wildman–Crippen MR) is 102 cm³/mol. The van der Waals surface area contributed by atoms with Crippen LogP contribution >= 0.6 is 0 Å². The van der Waals surface area contributed by atoms with E-state index in [9.17, 15) is 14.4 Å². The highest BCUT2D eigenvalue weighted by atomic mass is 16.5. The highest BCUT2D eigenvalue weighted by Crippen LogP contribution is 2.26. The molecule has 146 valence electrons. The highest BCUT2D eigenvalue weighted by molar-refractivity contribution is 5.98. The molecule has 1 aliphatic rings. The number of piperidine rings is 1. The number of hydrogen-bond acceptors (Lipinski definition) is 6. The van der Waals surface area contributed by atoms with Crippen LogP contribution in [0.5, 0.6) is 0 Å². The van der Waals surface area contributed by atoms with Crippen molar-refractivity contribution in [2.45, 2.75) is 32.6 Å². The first-order valence-electron chi connectivity index (χ1n) is 9.12. The van der Waals surface area contributed by atoms with Gasteiger partial charge in [0.05, 0.1) is 19.2 Å². The van der Waals surface area contributed by atoms with E-state index in [0.717, 1.165) is 17.7 Å². The number of benzene rings is 1. The van der Waals surface area contributed by atoms with Crippen LogP contribution < -0.4 is 16.1 Å².